The van der Waals surface area contributed by atoms with E-state index >= 15 is 0 Å². The summed E-state index contributed by atoms with van der Waals surface area (Å²) in [6.07, 6.45) is 1.90. The third kappa shape index (κ3) is 6.70. The van der Waals surface area contributed by atoms with Crippen molar-refractivity contribution in [3.63, 3.8) is 0 Å². The van der Waals surface area contributed by atoms with Crippen LogP contribution >= 0.6 is 0 Å². The lowest BCUT2D eigenvalue weighted by Crippen LogP contribution is -2.22. The normalized spacial score (nSPS) is 28.4. The van der Waals surface area contributed by atoms with Crippen LogP contribution in [0.4, 0.5) is 0 Å². The highest BCUT2D eigenvalue weighted by atomic mass is 16.6. The Bertz CT molecular complexity index is 249. The van der Waals surface area contributed by atoms with Crippen molar-refractivity contribution < 1.29 is 18.9 Å². The van der Waals surface area contributed by atoms with Crippen molar-refractivity contribution in [2.45, 2.75) is 39.4 Å². The standard InChI is InChI=1S/C15H28O4/c1-11(2)13(6-17-8-15-10-19-15)4-12(3)5-16-7-14-9-18-14/h11-15H,4-10H2,1-3H3. The molecule has 2 fully saturated rings. The van der Waals surface area contributed by atoms with Crippen LogP contribution in [0.3, 0.4) is 0 Å². The summed E-state index contributed by atoms with van der Waals surface area (Å²) in [6.45, 7) is 11.7. The van der Waals surface area contributed by atoms with E-state index in [1.807, 2.05) is 0 Å². The van der Waals surface area contributed by atoms with Gasteiger partial charge in [0.25, 0.3) is 0 Å². The molecule has 4 atom stereocenters. The second kappa shape index (κ2) is 7.58. The molecule has 112 valence electrons. The Hall–Kier alpha value is -0.160. The Morgan fingerprint density at radius 3 is 1.95 bits per heavy atom. The van der Waals surface area contributed by atoms with Gasteiger partial charge in [0, 0.05) is 13.2 Å². The first-order chi connectivity index (χ1) is 9.15. The highest BCUT2D eigenvalue weighted by Crippen LogP contribution is 2.22. The molecule has 0 aromatic rings. The number of hydrogen-bond donors (Lipinski definition) is 0. The van der Waals surface area contributed by atoms with Crippen molar-refractivity contribution in [3.05, 3.63) is 0 Å². The quantitative estimate of drug-likeness (QED) is 0.540. The van der Waals surface area contributed by atoms with Crippen molar-refractivity contribution in [3.8, 4) is 0 Å². The first-order valence-electron chi connectivity index (χ1n) is 7.53. The van der Waals surface area contributed by atoms with E-state index in [1.165, 1.54) is 0 Å². The van der Waals surface area contributed by atoms with E-state index in [9.17, 15) is 0 Å². The van der Waals surface area contributed by atoms with Crippen molar-refractivity contribution in [2.75, 3.05) is 39.6 Å². The fraction of sp³-hybridized carbons (Fsp3) is 1.00. The minimum absolute atomic E-state index is 0.368. The van der Waals surface area contributed by atoms with E-state index in [4.69, 9.17) is 18.9 Å². The Kier molecular flexibility index (Phi) is 6.07. The minimum atomic E-state index is 0.368. The van der Waals surface area contributed by atoms with Gasteiger partial charge in [0.1, 0.15) is 12.2 Å². The predicted molar refractivity (Wildman–Crippen MR) is 73.2 cm³/mol. The minimum Gasteiger partial charge on any atom is -0.378 e. The molecule has 0 bridgehead atoms. The molecule has 4 unspecified atom stereocenters. The molecular formula is C15H28O4. The predicted octanol–water partition coefficient (Wildman–Crippen LogP) is 2.12. The smallest absolute Gasteiger partial charge is 0.104 e. The molecule has 0 amide bonds. The second-order valence-corrected chi connectivity index (χ2v) is 6.33. The largest absolute Gasteiger partial charge is 0.378 e. The second-order valence-electron chi connectivity index (χ2n) is 6.33. The average molecular weight is 272 g/mol. The van der Waals surface area contributed by atoms with Gasteiger partial charge >= 0.3 is 0 Å². The van der Waals surface area contributed by atoms with Crippen LogP contribution in [0, 0.1) is 17.8 Å². The van der Waals surface area contributed by atoms with Gasteiger partial charge in [0.05, 0.1) is 26.4 Å². The number of ether oxygens (including phenoxy) is 4. The summed E-state index contributed by atoms with van der Waals surface area (Å²) in [6, 6.07) is 0. The molecule has 0 aromatic carbocycles. The molecule has 2 saturated heterocycles. The summed E-state index contributed by atoms with van der Waals surface area (Å²) in [5, 5.41) is 0. The zero-order valence-corrected chi connectivity index (χ0v) is 12.5. The number of hydrogen-bond acceptors (Lipinski definition) is 4. The van der Waals surface area contributed by atoms with Crippen LogP contribution in [0.5, 0.6) is 0 Å². The van der Waals surface area contributed by atoms with Gasteiger partial charge in [0.2, 0.25) is 0 Å². The summed E-state index contributed by atoms with van der Waals surface area (Å²) < 4.78 is 21.7. The van der Waals surface area contributed by atoms with Crippen LogP contribution in [-0.2, 0) is 18.9 Å². The highest BCUT2D eigenvalue weighted by molar-refractivity contribution is 4.71. The zero-order valence-electron chi connectivity index (χ0n) is 12.5. The Morgan fingerprint density at radius 2 is 1.47 bits per heavy atom. The SMILES string of the molecule is CC(COCC1CO1)CC(COCC1CO1)C(C)C. The van der Waals surface area contributed by atoms with E-state index in [1.54, 1.807) is 0 Å². The Morgan fingerprint density at radius 1 is 0.947 bits per heavy atom. The van der Waals surface area contributed by atoms with Crippen molar-refractivity contribution in [1.82, 2.24) is 0 Å². The topological polar surface area (TPSA) is 43.5 Å². The molecule has 0 aliphatic carbocycles. The lowest BCUT2D eigenvalue weighted by molar-refractivity contribution is 0.0444. The highest BCUT2D eigenvalue weighted by Gasteiger charge is 2.25. The maximum absolute atomic E-state index is 5.75. The number of epoxide rings is 2. The summed E-state index contributed by atoms with van der Waals surface area (Å²) in [7, 11) is 0. The van der Waals surface area contributed by atoms with Crippen LogP contribution in [0.15, 0.2) is 0 Å². The van der Waals surface area contributed by atoms with E-state index in [2.05, 4.69) is 20.8 Å². The van der Waals surface area contributed by atoms with Crippen LogP contribution in [0.1, 0.15) is 27.2 Å². The third-order valence-corrected chi connectivity index (χ3v) is 3.79. The zero-order chi connectivity index (χ0) is 13.7. The molecule has 2 aliphatic rings. The van der Waals surface area contributed by atoms with Crippen LogP contribution in [-0.4, -0.2) is 51.8 Å². The monoisotopic (exact) mass is 272 g/mol. The van der Waals surface area contributed by atoms with Gasteiger partial charge in [-0.15, -0.1) is 0 Å². The molecular weight excluding hydrogens is 244 g/mol. The van der Waals surface area contributed by atoms with E-state index < -0.39 is 0 Å². The van der Waals surface area contributed by atoms with Crippen molar-refractivity contribution in [2.24, 2.45) is 17.8 Å². The van der Waals surface area contributed by atoms with Gasteiger partial charge in [0.15, 0.2) is 0 Å². The third-order valence-electron chi connectivity index (χ3n) is 3.79. The average Bonchev–Trinajstić information content (AvgIpc) is 3.22. The fourth-order valence-electron chi connectivity index (χ4n) is 2.20. The van der Waals surface area contributed by atoms with E-state index in [0.29, 0.717) is 30.0 Å². The molecule has 4 heteroatoms. The molecule has 2 rings (SSSR count). The Labute approximate surface area is 116 Å². The summed E-state index contributed by atoms with van der Waals surface area (Å²) in [5.41, 5.74) is 0. The molecule has 19 heavy (non-hydrogen) atoms. The van der Waals surface area contributed by atoms with Gasteiger partial charge in [-0.05, 0) is 24.2 Å². The Balaban J connectivity index is 1.56. The molecule has 2 aliphatic heterocycles. The lowest BCUT2D eigenvalue weighted by Gasteiger charge is -2.24. The van der Waals surface area contributed by atoms with Crippen molar-refractivity contribution >= 4 is 0 Å². The van der Waals surface area contributed by atoms with Gasteiger partial charge in [-0.3, -0.25) is 0 Å². The van der Waals surface area contributed by atoms with Crippen molar-refractivity contribution in [1.29, 1.82) is 0 Å². The number of rotatable bonds is 11. The van der Waals surface area contributed by atoms with E-state index in [-0.39, 0.29) is 0 Å². The summed E-state index contributed by atoms with van der Waals surface area (Å²) in [4.78, 5) is 0. The maximum Gasteiger partial charge on any atom is 0.104 e. The molecule has 0 spiro atoms. The van der Waals surface area contributed by atoms with E-state index in [0.717, 1.165) is 46.1 Å². The molecule has 0 aromatic heterocycles. The van der Waals surface area contributed by atoms with Gasteiger partial charge in [-0.1, -0.05) is 20.8 Å². The van der Waals surface area contributed by atoms with Crippen LogP contribution < -0.4 is 0 Å². The first kappa shape index (κ1) is 15.2. The molecule has 0 radical (unpaired) electrons. The lowest BCUT2D eigenvalue weighted by atomic mass is 9.88. The van der Waals surface area contributed by atoms with Gasteiger partial charge < -0.3 is 18.9 Å². The molecule has 4 nitrogen and oxygen atoms in total. The van der Waals surface area contributed by atoms with Crippen LogP contribution in [0.2, 0.25) is 0 Å². The van der Waals surface area contributed by atoms with Gasteiger partial charge in [-0.25, -0.2) is 0 Å². The summed E-state index contributed by atoms with van der Waals surface area (Å²) in [5.74, 6) is 1.83. The van der Waals surface area contributed by atoms with Gasteiger partial charge in [-0.2, -0.15) is 0 Å². The first-order valence-corrected chi connectivity index (χ1v) is 7.53. The molecule has 0 saturated carbocycles. The maximum atomic E-state index is 5.75. The van der Waals surface area contributed by atoms with Crippen LogP contribution in [0.25, 0.3) is 0 Å². The molecule has 2 heterocycles. The fourth-order valence-corrected chi connectivity index (χ4v) is 2.20. The summed E-state index contributed by atoms with van der Waals surface area (Å²) >= 11 is 0. The molecule has 0 N–H and O–H groups in total.